The molecule has 0 N–H and O–H groups in total. The molecule has 6 nitrogen and oxygen atoms in total. The van der Waals surface area contributed by atoms with E-state index in [0.29, 0.717) is 0 Å². The van der Waals surface area contributed by atoms with Crippen LogP contribution in [0, 0.1) is 10.1 Å². The number of ether oxygens (including phenoxy) is 1. The van der Waals surface area contributed by atoms with Crippen LogP contribution in [0.15, 0.2) is 24.3 Å². The van der Waals surface area contributed by atoms with Gasteiger partial charge >= 0.3 is 5.97 Å². The van der Waals surface area contributed by atoms with E-state index in [0.717, 1.165) is 25.9 Å². The normalized spacial score (nSPS) is 17.1. The Kier molecular flexibility index (Phi) is 4.11. The van der Waals surface area contributed by atoms with Crippen molar-refractivity contribution < 1.29 is 14.5 Å². The zero-order valence-electron chi connectivity index (χ0n) is 10.7. The minimum atomic E-state index is -0.609. The summed E-state index contributed by atoms with van der Waals surface area (Å²) in [6.45, 7) is 1.74. The van der Waals surface area contributed by atoms with Gasteiger partial charge in [-0.25, -0.2) is 4.79 Å². The summed E-state index contributed by atoms with van der Waals surface area (Å²) in [5.41, 5.74) is -0.188. The van der Waals surface area contributed by atoms with E-state index >= 15 is 0 Å². The number of nitrogens with zero attached hydrogens (tertiary/aromatic N) is 2. The molecule has 1 fully saturated rings. The van der Waals surface area contributed by atoms with E-state index < -0.39 is 10.9 Å². The summed E-state index contributed by atoms with van der Waals surface area (Å²) in [6.07, 6.45) is 1.38. The van der Waals surface area contributed by atoms with Crippen LogP contribution in [0.1, 0.15) is 23.2 Å². The zero-order chi connectivity index (χ0) is 13.8. The Morgan fingerprint density at radius 2 is 2.00 bits per heavy atom. The number of para-hydroxylation sites is 1. The molecule has 1 aliphatic heterocycles. The molecule has 1 heterocycles. The Labute approximate surface area is 111 Å². The van der Waals surface area contributed by atoms with Gasteiger partial charge in [-0.3, -0.25) is 10.1 Å². The maximum atomic E-state index is 12.0. The number of piperidine rings is 1. The Balaban J connectivity index is 2.06. The minimum absolute atomic E-state index is 0.0198. The van der Waals surface area contributed by atoms with Gasteiger partial charge in [0.25, 0.3) is 5.69 Å². The Morgan fingerprint density at radius 3 is 2.63 bits per heavy atom. The van der Waals surface area contributed by atoms with E-state index in [1.165, 1.54) is 18.2 Å². The number of hydrogen-bond donors (Lipinski definition) is 0. The van der Waals surface area contributed by atoms with E-state index in [-0.39, 0.29) is 17.4 Å². The fourth-order valence-electron chi connectivity index (χ4n) is 2.12. The molecule has 6 heteroatoms. The van der Waals surface area contributed by atoms with Crippen molar-refractivity contribution in [1.82, 2.24) is 4.90 Å². The van der Waals surface area contributed by atoms with Gasteiger partial charge in [-0.2, -0.15) is 0 Å². The Bertz CT molecular complexity index is 481. The molecule has 102 valence electrons. The lowest BCUT2D eigenvalue weighted by Crippen LogP contribution is -2.35. The molecule has 0 unspecified atom stereocenters. The second kappa shape index (κ2) is 5.79. The van der Waals surface area contributed by atoms with Crippen LogP contribution in [0.25, 0.3) is 0 Å². The van der Waals surface area contributed by atoms with Gasteiger partial charge in [0.15, 0.2) is 0 Å². The molecule has 0 saturated carbocycles. The van der Waals surface area contributed by atoms with E-state index in [1.54, 1.807) is 6.07 Å². The van der Waals surface area contributed by atoms with Crippen LogP contribution in [0.5, 0.6) is 0 Å². The number of likely N-dealkylation sites (tertiary alicyclic amines) is 1. The number of benzene rings is 1. The van der Waals surface area contributed by atoms with E-state index in [4.69, 9.17) is 4.74 Å². The number of rotatable bonds is 3. The standard InChI is InChI=1S/C13H16N2O4/c1-14-8-6-10(7-9-14)19-13(16)11-4-2-3-5-12(11)15(17)18/h2-5,10H,6-9H2,1H3. The lowest BCUT2D eigenvalue weighted by Gasteiger charge is -2.28. The van der Waals surface area contributed by atoms with Crippen LogP contribution in [-0.4, -0.2) is 42.0 Å². The van der Waals surface area contributed by atoms with Crippen molar-refractivity contribution in [2.75, 3.05) is 20.1 Å². The van der Waals surface area contributed by atoms with Gasteiger partial charge in [0.2, 0.25) is 0 Å². The fourth-order valence-corrected chi connectivity index (χ4v) is 2.12. The second-order valence-corrected chi connectivity index (χ2v) is 4.68. The van der Waals surface area contributed by atoms with E-state index in [9.17, 15) is 14.9 Å². The third-order valence-electron chi connectivity index (χ3n) is 3.26. The maximum Gasteiger partial charge on any atom is 0.345 e. The number of nitro groups is 1. The van der Waals surface area contributed by atoms with Crippen LogP contribution >= 0.6 is 0 Å². The molecule has 1 aromatic rings. The van der Waals surface area contributed by atoms with Crippen molar-refractivity contribution in [2.45, 2.75) is 18.9 Å². The molecular formula is C13H16N2O4. The largest absolute Gasteiger partial charge is 0.458 e. The van der Waals surface area contributed by atoms with Crippen molar-refractivity contribution >= 4 is 11.7 Å². The third kappa shape index (κ3) is 3.29. The monoisotopic (exact) mass is 264 g/mol. The van der Waals surface area contributed by atoms with Crippen LogP contribution in [0.2, 0.25) is 0 Å². The lowest BCUT2D eigenvalue weighted by molar-refractivity contribution is -0.385. The van der Waals surface area contributed by atoms with Gasteiger partial charge in [0, 0.05) is 19.2 Å². The average Bonchev–Trinajstić information content (AvgIpc) is 2.41. The molecule has 0 atom stereocenters. The van der Waals surface area contributed by atoms with Crippen molar-refractivity contribution in [3.8, 4) is 0 Å². The predicted molar refractivity (Wildman–Crippen MR) is 69.0 cm³/mol. The lowest BCUT2D eigenvalue weighted by atomic mass is 10.1. The molecule has 0 spiro atoms. The van der Waals surface area contributed by atoms with Crippen LogP contribution < -0.4 is 0 Å². The maximum absolute atomic E-state index is 12.0. The van der Waals surface area contributed by atoms with E-state index in [2.05, 4.69) is 4.90 Å². The first kappa shape index (κ1) is 13.5. The average molecular weight is 264 g/mol. The minimum Gasteiger partial charge on any atom is -0.458 e. The fraction of sp³-hybridized carbons (Fsp3) is 0.462. The van der Waals surface area contributed by atoms with Gasteiger partial charge in [-0.05, 0) is 26.0 Å². The van der Waals surface area contributed by atoms with Gasteiger partial charge in [0.05, 0.1) is 4.92 Å². The quantitative estimate of drug-likeness (QED) is 0.473. The van der Waals surface area contributed by atoms with Gasteiger partial charge in [-0.15, -0.1) is 0 Å². The number of carbonyl (C=O) groups is 1. The Hall–Kier alpha value is -1.95. The van der Waals surface area contributed by atoms with Gasteiger partial charge in [-0.1, -0.05) is 12.1 Å². The molecule has 0 aliphatic carbocycles. The zero-order valence-corrected chi connectivity index (χ0v) is 10.7. The number of esters is 1. The molecule has 0 aromatic heterocycles. The summed E-state index contributed by atoms with van der Waals surface area (Å²) in [4.78, 5) is 24.4. The highest BCUT2D eigenvalue weighted by atomic mass is 16.6. The van der Waals surface area contributed by atoms with Crippen molar-refractivity contribution in [1.29, 1.82) is 0 Å². The molecule has 1 aromatic carbocycles. The SMILES string of the molecule is CN1CCC(OC(=O)c2ccccc2[N+](=O)[O-])CC1. The van der Waals surface area contributed by atoms with Crippen LogP contribution in [-0.2, 0) is 4.74 Å². The predicted octanol–water partition coefficient (Wildman–Crippen LogP) is 1.85. The topological polar surface area (TPSA) is 72.7 Å². The first-order valence-electron chi connectivity index (χ1n) is 6.21. The summed E-state index contributed by atoms with van der Waals surface area (Å²) < 4.78 is 5.35. The molecule has 2 rings (SSSR count). The van der Waals surface area contributed by atoms with E-state index in [1.807, 2.05) is 7.05 Å². The highest BCUT2D eigenvalue weighted by Gasteiger charge is 2.25. The first-order valence-corrected chi connectivity index (χ1v) is 6.21. The Morgan fingerprint density at radius 1 is 1.37 bits per heavy atom. The third-order valence-corrected chi connectivity index (χ3v) is 3.26. The number of carbonyl (C=O) groups excluding carboxylic acids is 1. The molecule has 0 radical (unpaired) electrons. The summed E-state index contributed by atoms with van der Waals surface area (Å²) in [5, 5.41) is 10.9. The van der Waals surface area contributed by atoms with Crippen LogP contribution in [0.4, 0.5) is 5.69 Å². The summed E-state index contributed by atoms with van der Waals surface area (Å²) in [5.74, 6) is -0.609. The second-order valence-electron chi connectivity index (χ2n) is 4.68. The van der Waals surface area contributed by atoms with Crippen molar-refractivity contribution in [3.63, 3.8) is 0 Å². The molecular weight excluding hydrogens is 248 g/mol. The molecule has 1 aliphatic rings. The smallest absolute Gasteiger partial charge is 0.345 e. The van der Waals surface area contributed by atoms with Crippen LogP contribution in [0.3, 0.4) is 0 Å². The van der Waals surface area contributed by atoms with Gasteiger partial charge < -0.3 is 9.64 Å². The highest BCUT2D eigenvalue weighted by Crippen LogP contribution is 2.21. The summed E-state index contributed by atoms with van der Waals surface area (Å²) in [6, 6.07) is 5.86. The molecule has 0 amide bonds. The first-order chi connectivity index (χ1) is 9.08. The van der Waals surface area contributed by atoms with Crippen molar-refractivity contribution in [3.05, 3.63) is 39.9 Å². The summed E-state index contributed by atoms with van der Waals surface area (Å²) >= 11 is 0. The van der Waals surface area contributed by atoms with Crippen molar-refractivity contribution in [2.24, 2.45) is 0 Å². The molecule has 1 saturated heterocycles. The van der Waals surface area contributed by atoms with Gasteiger partial charge in [0.1, 0.15) is 11.7 Å². The number of hydrogen-bond acceptors (Lipinski definition) is 5. The molecule has 0 bridgehead atoms. The number of nitro benzene ring substituents is 1. The summed E-state index contributed by atoms with van der Waals surface area (Å²) in [7, 11) is 2.01. The highest BCUT2D eigenvalue weighted by molar-refractivity contribution is 5.93. The molecule has 19 heavy (non-hydrogen) atoms.